The van der Waals surface area contributed by atoms with Gasteiger partial charge in [0.2, 0.25) is 0 Å². The van der Waals surface area contributed by atoms with Crippen LogP contribution >= 0.6 is 35.6 Å². The van der Waals surface area contributed by atoms with Crippen LogP contribution < -0.4 is 4.74 Å². The molecule has 0 atom stereocenters. The third-order valence-electron chi connectivity index (χ3n) is 2.73. The van der Waals surface area contributed by atoms with E-state index in [1.807, 2.05) is 6.07 Å². The van der Waals surface area contributed by atoms with Crippen LogP contribution in [0.25, 0.3) is 0 Å². The van der Waals surface area contributed by atoms with Gasteiger partial charge in [0.1, 0.15) is 0 Å². The summed E-state index contributed by atoms with van der Waals surface area (Å²) in [6.07, 6.45) is 0. The van der Waals surface area contributed by atoms with Crippen molar-refractivity contribution in [2.45, 2.75) is 13.5 Å². The smallest absolute Gasteiger partial charge is 0.311 e. The molecule has 0 radical (unpaired) electrons. The first-order chi connectivity index (χ1) is 9.62. The van der Waals surface area contributed by atoms with Crippen LogP contribution in [-0.2, 0) is 6.54 Å². The minimum Gasteiger partial charge on any atom is -0.487 e. The van der Waals surface area contributed by atoms with Gasteiger partial charge in [0.25, 0.3) is 0 Å². The predicted molar refractivity (Wildman–Crippen MR) is 88.2 cm³/mol. The molecule has 21 heavy (non-hydrogen) atoms. The first-order valence-electron chi connectivity index (χ1n) is 6.36. The minimum atomic E-state index is -0.429. The summed E-state index contributed by atoms with van der Waals surface area (Å²) in [4.78, 5) is 12.7. The molecule has 0 bridgehead atoms. The molecule has 0 fully saturated rings. The number of benzene rings is 1. The monoisotopic (exact) mass is 356 g/mol. The summed E-state index contributed by atoms with van der Waals surface area (Å²) in [6, 6.07) is 5.00. The van der Waals surface area contributed by atoms with E-state index in [2.05, 4.69) is 4.90 Å². The second-order valence-electron chi connectivity index (χ2n) is 4.15. The second kappa shape index (κ2) is 10.9. The normalized spacial score (nSPS) is 10.3. The fourth-order valence-corrected chi connectivity index (χ4v) is 2.33. The van der Waals surface area contributed by atoms with E-state index in [4.69, 9.17) is 27.9 Å². The number of nitro benzene ring substituents is 1. The summed E-state index contributed by atoms with van der Waals surface area (Å²) < 4.78 is 5.26. The van der Waals surface area contributed by atoms with Gasteiger partial charge in [-0.15, -0.1) is 35.6 Å². The van der Waals surface area contributed by atoms with Crippen molar-refractivity contribution in [2.24, 2.45) is 0 Å². The Kier molecular flexibility index (Phi) is 10.5. The maximum atomic E-state index is 11.1. The van der Waals surface area contributed by atoms with Gasteiger partial charge in [-0.05, 0) is 18.6 Å². The van der Waals surface area contributed by atoms with Gasteiger partial charge in [-0.25, -0.2) is 0 Å². The molecule has 0 heterocycles. The molecule has 0 saturated carbocycles. The minimum absolute atomic E-state index is 0. The maximum Gasteiger partial charge on any atom is 0.311 e. The number of nitrogens with zero attached hydrogens (tertiary/aromatic N) is 2. The summed E-state index contributed by atoms with van der Waals surface area (Å²) in [7, 11) is 0. The van der Waals surface area contributed by atoms with Crippen molar-refractivity contribution in [3.63, 3.8) is 0 Å². The average molecular weight is 358 g/mol. The molecule has 0 aliphatic heterocycles. The maximum absolute atomic E-state index is 11.1. The van der Waals surface area contributed by atoms with Gasteiger partial charge in [-0.1, -0.05) is 6.07 Å². The lowest BCUT2D eigenvalue weighted by Crippen LogP contribution is -2.27. The molecule has 0 saturated heterocycles. The number of nitro groups is 1. The van der Waals surface area contributed by atoms with Gasteiger partial charge in [0, 0.05) is 37.5 Å². The van der Waals surface area contributed by atoms with E-state index >= 15 is 0 Å². The lowest BCUT2D eigenvalue weighted by atomic mass is 10.1. The van der Waals surface area contributed by atoms with Gasteiger partial charge in [-0.2, -0.15) is 0 Å². The zero-order chi connectivity index (χ0) is 15.0. The molecule has 120 valence electrons. The van der Waals surface area contributed by atoms with Crippen molar-refractivity contribution < 1.29 is 9.66 Å². The Hall–Kier alpha value is -0.750. The van der Waals surface area contributed by atoms with Crippen molar-refractivity contribution >= 4 is 41.3 Å². The Morgan fingerprint density at radius 1 is 1.29 bits per heavy atom. The molecule has 0 aliphatic rings. The number of alkyl halides is 2. The highest BCUT2D eigenvalue weighted by molar-refractivity contribution is 6.18. The zero-order valence-corrected chi connectivity index (χ0v) is 14.1. The van der Waals surface area contributed by atoms with E-state index in [1.54, 1.807) is 19.1 Å². The van der Waals surface area contributed by atoms with Crippen molar-refractivity contribution in [1.82, 2.24) is 4.90 Å². The van der Waals surface area contributed by atoms with Gasteiger partial charge in [-0.3, -0.25) is 15.0 Å². The number of hydrogen-bond donors (Lipinski definition) is 0. The van der Waals surface area contributed by atoms with Gasteiger partial charge >= 0.3 is 5.69 Å². The van der Waals surface area contributed by atoms with Crippen LogP contribution in [0.1, 0.15) is 12.5 Å². The third kappa shape index (κ3) is 6.70. The van der Waals surface area contributed by atoms with E-state index < -0.39 is 4.92 Å². The third-order valence-corrected chi connectivity index (χ3v) is 3.07. The van der Waals surface area contributed by atoms with Gasteiger partial charge in [0.15, 0.2) is 5.75 Å². The standard InChI is InChI=1S/C13H18Cl2N2O3.ClH/c1-2-20-13-4-3-11(9-12(13)17(18)19)10-16(7-5-14)8-6-15;/h3-4,9H,2,5-8,10H2,1H3;1H. The van der Waals surface area contributed by atoms with Crippen LogP contribution in [0.15, 0.2) is 18.2 Å². The predicted octanol–water partition coefficient (Wildman–Crippen LogP) is 3.69. The number of halogens is 3. The van der Waals surface area contributed by atoms with Gasteiger partial charge < -0.3 is 4.74 Å². The molecule has 8 heteroatoms. The lowest BCUT2D eigenvalue weighted by Gasteiger charge is -2.20. The second-order valence-corrected chi connectivity index (χ2v) is 4.90. The lowest BCUT2D eigenvalue weighted by molar-refractivity contribution is -0.385. The molecule has 1 rings (SSSR count). The molecular weight excluding hydrogens is 339 g/mol. The molecule has 5 nitrogen and oxygen atoms in total. The summed E-state index contributed by atoms with van der Waals surface area (Å²) in [5.74, 6) is 1.29. The van der Waals surface area contributed by atoms with Crippen molar-refractivity contribution in [1.29, 1.82) is 0 Å². The topological polar surface area (TPSA) is 55.6 Å². The van der Waals surface area contributed by atoms with Crippen LogP contribution in [-0.4, -0.2) is 41.3 Å². The summed E-state index contributed by atoms with van der Waals surface area (Å²) in [6.45, 7) is 4.14. The van der Waals surface area contributed by atoms with Gasteiger partial charge in [0.05, 0.1) is 11.5 Å². The fourth-order valence-electron chi connectivity index (χ4n) is 1.85. The fraction of sp³-hybridized carbons (Fsp3) is 0.538. The van der Waals surface area contributed by atoms with Crippen LogP contribution in [0.5, 0.6) is 5.75 Å². The Morgan fingerprint density at radius 3 is 2.38 bits per heavy atom. The highest BCUT2D eigenvalue weighted by Gasteiger charge is 2.16. The van der Waals surface area contributed by atoms with Crippen molar-refractivity contribution in [2.75, 3.05) is 31.5 Å². The Bertz CT molecular complexity index is 441. The number of hydrogen-bond acceptors (Lipinski definition) is 4. The Labute approximate surface area is 140 Å². The molecule has 0 aliphatic carbocycles. The average Bonchev–Trinajstić information content (AvgIpc) is 2.41. The van der Waals surface area contributed by atoms with E-state index in [9.17, 15) is 10.1 Å². The van der Waals surface area contributed by atoms with Crippen molar-refractivity contribution in [3.05, 3.63) is 33.9 Å². The summed E-state index contributed by atoms with van der Waals surface area (Å²) in [5, 5.41) is 11.1. The van der Waals surface area contributed by atoms with E-state index in [-0.39, 0.29) is 18.1 Å². The molecule has 1 aromatic rings. The molecule has 0 spiro atoms. The van der Waals surface area contributed by atoms with Crippen LogP contribution in [0.2, 0.25) is 0 Å². The molecule has 0 aromatic heterocycles. The zero-order valence-electron chi connectivity index (χ0n) is 11.8. The molecular formula is C13H19Cl3N2O3. The molecule has 1 aromatic carbocycles. The first kappa shape index (κ1) is 20.2. The Morgan fingerprint density at radius 2 is 1.90 bits per heavy atom. The van der Waals surface area contributed by atoms with Crippen LogP contribution in [0, 0.1) is 10.1 Å². The number of ether oxygens (including phenoxy) is 1. The molecule has 0 N–H and O–H groups in total. The van der Waals surface area contributed by atoms with E-state index in [0.717, 1.165) is 5.56 Å². The van der Waals surface area contributed by atoms with Crippen molar-refractivity contribution in [3.8, 4) is 5.75 Å². The van der Waals surface area contributed by atoms with E-state index in [0.29, 0.717) is 43.8 Å². The van der Waals surface area contributed by atoms with Crippen LogP contribution in [0.4, 0.5) is 5.69 Å². The molecule has 0 unspecified atom stereocenters. The highest BCUT2D eigenvalue weighted by Crippen LogP contribution is 2.28. The quantitative estimate of drug-likeness (QED) is 0.384. The highest BCUT2D eigenvalue weighted by atomic mass is 35.5. The number of rotatable bonds is 9. The summed E-state index contributed by atoms with van der Waals surface area (Å²) in [5.41, 5.74) is 0.830. The first-order valence-corrected chi connectivity index (χ1v) is 7.43. The Balaban J connectivity index is 0.00000400. The SMILES string of the molecule is CCOc1ccc(CN(CCCl)CCCl)cc1[N+](=O)[O-].Cl. The largest absolute Gasteiger partial charge is 0.487 e. The summed E-state index contributed by atoms with van der Waals surface area (Å²) >= 11 is 11.5. The van der Waals surface area contributed by atoms with Crippen LogP contribution in [0.3, 0.4) is 0 Å². The molecule has 0 amide bonds. The van der Waals surface area contributed by atoms with E-state index in [1.165, 1.54) is 0 Å².